The third kappa shape index (κ3) is 3.68. The Labute approximate surface area is 117 Å². The number of nitrogens with two attached hydrogens (primary N) is 1. The number of aromatic hydroxyl groups is 1. The molecule has 1 amide bonds. The molecule has 0 radical (unpaired) electrons. The molecule has 1 aromatic rings. The number of hydrogen-bond donors (Lipinski definition) is 3. The van der Waals surface area contributed by atoms with Gasteiger partial charge in [0.1, 0.15) is 11.6 Å². The number of halogens is 1. The minimum Gasteiger partial charge on any atom is -0.507 e. The molecule has 0 atom stereocenters. The highest BCUT2D eigenvalue weighted by molar-refractivity contribution is 5.96. The average molecular weight is 281 g/mol. The van der Waals surface area contributed by atoms with Crippen molar-refractivity contribution in [3.05, 3.63) is 29.6 Å². The lowest BCUT2D eigenvalue weighted by atomic mass is 10.0. The Balaban J connectivity index is 1.89. The van der Waals surface area contributed by atoms with Crippen LogP contribution in [0.25, 0.3) is 0 Å². The number of nitrogens with one attached hydrogen (secondary N) is 1. The Kier molecular flexibility index (Phi) is 4.92. The van der Waals surface area contributed by atoms with Crippen molar-refractivity contribution in [3.8, 4) is 5.75 Å². The van der Waals surface area contributed by atoms with E-state index in [0.29, 0.717) is 6.54 Å². The zero-order valence-corrected chi connectivity index (χ0v) is 11.3. The summed E-state index contributed by atoms with van der Waals surface area (Å²) >= 11 is 0. The van der Waals surface area contributed by atoms with Gasteiger partial charge in [-0.2, -0.15) is 0 Å². The molecule has 6 heteroatoms. The van der Waals surface area contributed by atoms with Crippen molar-refractivity contribution in [2.45, 2.75) is 18.9 Å². The molecule has 0 spiro atoms. The van der Waals surface area contributed by atoms with Gasteiger partial charge in [-0.15, -0.1) is 0 Å². The molecule has 1 fully saturated rings. The van der Waals surface area contributed by atoms with Gasteiger partial charge in [0.2, 0.25) is 0 Å². The molecule has 0 unspecified atom stereocenters. The van der Waals surface area contributed by atoms with Gasteiger partial charge in [0.25, 0.3) is 5.91 Å². The van der Waals surface area contributed by atoms with E-state index >= 15 is 0 Å². The number of benzene rings is 1. The van der Waals surface area contributed by atoms with Crippen LogP contribution in [0, 0.1) is 5.82 Å². The summed E-state index contributed by atoms with van der Waals surface area (Å²) < 4.78 is 12.9. The van der Waals surface area contributed by atoms with Crippen LogP contribution in [0.5, 0.6) is 5.75 Å². The molecule has 20 heavy (non-hydrogen) atoms. The molecule has 2 rings (SSSR count). The maximum absolute atomic E-state index is 12.9. The highest BCUT2D eigenvalue weighted by atomic mass is 19.1. The van der Waals surface area contributed by atoms with Crippen LogP contribution in [-0.4, -0.2) is 48.1 Å². The highest BCUT2D eigenvalue weighted by Crippen LogP contribution is 2.19. The van der Waals surface area contributed by atoms with Gasteiger partial charge in [-0.3, -0.25) is 4.79 Å². The molecular weight excluding hydrogens is 261 g/mol. The standard InChI is InChI=1S/C14H20FN3O2/c15-10-1-2-12(13(19)9-10)14(20)17-11-3-6-18(7-4-11)8-5-16/h1-2,9,11,19H,3-8,16H2,(H,17,20). The molecule has 0 aromatic heterocycles. The fraction of sp³-hybridized carbons (Fsp3) is 0.500. The van der Waals surface area contributed by atoms with Gasteiger partial charge >= 0.3 is 0 Å². The normalized spacial score (nSPS) is 17.1. The SMILES string of the molecule is NCCN1CCC(NC(=O)c2ccc(F)cc2O)CC1. The third-order valence-electron chi connectivity index (χ3n) is 3.57. The fourth-order valence-electron chi connectivity index (χ4n) is 2.44. The van der Waals surface area contributed by atoms with E-state index in [1.807, 2.05) is 0 Å². The van der Waals surface area contributed by atoms with Crippen molar-refractivity contribution < 1.29 is 14.3 Å². The van der Waals surface area contributed by atoms with Crippen LogP contribution in [-0.2, 0) is 0 Å². The predicted molar refractivity (Wildman–Crippen MR) is 74.0 cm³/mol. The van der Waals surface area contributed by atoms with Crippen LogP contribution < -0.4 is 11.1 Å². The van der Waals surface area contributed by atoms with Gasteiger partial charge in [0, 0.05) is 38.3 Å². The van der Waals surface area contributed by atoms with Crippen molar-refractivity contribution in [2.24, 2.45) is 5.73 Å². The van der Waals surface area contributed by atoms with E-state index in [1.165, 1.54) is 12.1 Å². The average Bonchev–Trinajstić information content (AvgIpc) is 2.41. The van der Waals surface area contributed by atoms with Gasteiger partial charge in [-0.25, -0.2) is 4.39 Å². The summed E-state index contributed by atoms with van der Waals surface area (Å²) in [6, 6.07) is 3.49. The van der Waals surface area contributed by atoms with Gasteiger partial charge < -0.3 is 21.1 Å². The van der Waals surface area contributed by atoms with E-state index in [2.05, 4.69) is 10.2 Å². The number of piperidine rings is 1. The van der Waals surface area contributed by atoms with Crippen LogP contribution in [0.2, 0.25) is 0 Å². The number of rotatable bonds is 4. The molecule has 110 valence electrons. The first-order chi connectivity index (χ1) is 9.60. The monoisotopic (exact) mass is 281 g/mol. The Morgan fingerprint density at radius 1 is 1.45 bits per heavy atom. The van der Waals surface area contributed by atoms with Gasteiger partial charge in [0.15, 0.2) is 0 Å². The number of likely N-dealkylation sites (tertiary alicyclic amines) is 1. The maximum Gasteiger partial charge on any atom is 0.255 e. The summed E-state index contributed by atoms with van der Waals surface area (Å²) in [7, 11) is 0. The van der Waals surface area contributed by atoms with Crippen molar-refractivity contribution in [1.82, 2.24) is 10.2 Å². The van der Waals surface area contributed by atoms with Gasteiger partial charge in [0.05, 0.1) is 5.56 Å². The van der Waals surface area contributed by atoms with Gasteiger partial charge in [-0.1, -0.05) is 0 Å². The largest absolute Gasteiger partial charge is 0.507 e. The zero-order valence-electron chi connectivity index (χ0n) is 11.3. The van der Waals surface area contributed by atoms with Crippen molar-refractivity contribution in [1.29, 1.82) is 0 Å². The molecule has 1 aliphatic rings. The number of hydrogen-bond acceptors (Lipinski definition) is 4. The first-order valence-electron chi connectivity index (χ1n) is 6.82. The van der Waals surface area contributed by atoms with Crippen LogP contribution >= 0.6 is 0 Å². The van der Waals surface area contributed by atoms with Crippen LogP contribution in [0.15, 0.2) is 18.2 Å². The Bertz CT molecular complexity index is 473. The molecule has 1 saturated heterocycles. The van der Waals surface area contributed by atoms with Crippen LogP contribution in [0.1, 0.15) is 23.2 Å². The van der Waals surface area contributed by atoms with E-state index in [4.69, 9.17) is 5.73 Å². The summed E-state index contributed by atoms with van der Waals surface area (Å²) in [5.74, 6) is -1.25. The maximum atomic E-state index is 12.9. The Hall–Kier alpha value is -1.66. The summed E-state index contributed by atoms with van der Waals surface area (Å²) in [5, 5.41) is 12.5. The van der Waals surface area contributed by atoms with E-state index in [0.717, 1.165) is 38.5 Å². The topological polar surface area (TPSA) is 78.6 Å². The van der Waals surface area contributed by atoms with Crippen molar-refractivity contribution in [2.75, 3.05) is 26.2 Å². The minimum absolute atomic E-state index is 0.0842. The molecule has 1 aliphatic heterocycles. The molecule has 0 aliphatic carbocycles. The summed E-state index contributed by atoms with van der Waals surface area (Å²) in [4.78, 5) is 14.3. The lowest BCUT2D eigenvalue weighted by Crippen LogP contribution is -2.45. The smallest absolute Gasteiger partial charge is 0.255 e. The second kappa shape index (κ2) is 6.67. The lowest BCUT2D eigenvalue weighted by Gasteiger charge is -2.32. The number of phenolic OH excluding ortho intramolecular Hbond substituents is 1. The van der Waals surface area contributed by atoms with E-state index in [-0.39, 0.29) is 23.3 Å². The number of carbonyl (C=O) groups is 1. The Morgan fingerprint density at radius 3 is 2.75 bits per heavy atom. The molecule has 1 heterocycles. The molecule has 4 N–H and O–H groups in total. The zero-order chi connectivity index (χ0) is 14.5. The lowest BCUT2D eigenvalue weighted by molar-refractivity contribution is 0.0909. The number of carbonyl (C=O) groups excluding carboxylic acids is 1. The number of phenols is 1. The van der Waals surface area contributed by atoms with E-state index in [9.17, 15) is 14.3 Å². The summed E-state index contributed by atoms with van der Waals surface area (Å²) in [5.41, 5.74) is 5.62. The van der Waals surface area contributed by atoms with E-state index in [1.54, 1.807) is 0 Å². The first kappa shape index (κ1) is 14.7. The minimum atomic E-state index is -0.561. The summed E-state index contributed by atoms with van der Waals surface area (Å²) in [6.45, 7) is 3.31. The number of amides is 1. The molecule has 0 bridgehead atoms. The third-order valence-corrected chi connectivity index (χ3v) is 3.57. The predicted octanol–water partition coefficient (Wildman–Crippen LogP) is 0.684. The first-order valence-corrected chi connectivity index (χ1v) is 6.82. The van der Waals surface area contributed by atoms with Gasteiger partial charge in [-0.05, 0) is 25.0 Å². The quantitative estimate of drug-likeness (QED) is 0.758. The molecular formula is C14H20FN3O2. The second-order valence-electron chi connectivity index (χ2n) is 5.04. The molecule has 5 nitrogen and oxygen atoms in total. The van der Waals surface area contributed by atoms with E-state index < -0.39 is 5.82 Å². The molecule has 1 aromatic carbocycles. The number of nitrogens with zero attached hydrogens (tertiary/aromatic N) is 1. The molecule has 0 saturated carbocycles. The second-order valence-corrected chi connectivity index (χ2v) is 5.04. The van der Waals surface area contributed by atoms with Crippen molar-refractivity contribution >= 4 is 5.91 Å². The van der Waals surface area contributed by atoms with Crippen molar-refractivity contribution in [3.63, 3.8) is 0 Å². The highest BCUT2D eigenvalue weighted by Gasteiger charge is 2.21. The fourth-order valence-corrected chi connectivity index (χ4v) is 2.44. The van der Waals surface area contributed by atoms with Crippen LogP contribution in [0.4, 0.5) is 4.39 Å². The Morgan fingerprint density at radius 2 is 2.15 bits per heavy atom. The summed E-state index contributed by atoms with van der Waals surface area (Å²) in [6.07, 6.45) is 1.71. The van der Waals surface area contributed by atoms with Crippen LogP contribution in [0.3, 0.4) is 0 Å².